The lowest BCUT2D eigenvalue weighted by molar-refractivity contribution is -0.131. The molecule has 2 aliphatic rings. The number of carbonyl (C=O) groups is 1. The summed E-state index contributed by atoms with van der Waals surface area (Å²) in [5, 5.41) is 3.07. The molecule has 0 saturated carbocycles. The van der Waals surface area contributed by atoms with Crippen molar-refractivity contribution in [3.63, 3.8) is 0 Å². The quantitative estimate of drug-likeness (QED) is 0.609. The van der Waals surface area contributed by atoms with Gasteiger partial charge in [0.1, 0.15) is 12.5 Å². The van der Waals surface area contributed by atoms with Crippen molar-refractivity contribution in [2.45, 2.75) is 26.3 Å². The molecule has 14 heavy (non-hydrogen) atoms. The van der Waals surface area contributed by atoms with Crippen molar-refractivity contribution >= 4 is 11.7 Å². The number of hydrogen-bond acceptors (Lipinski definition) is 3. The van der Waals surface area contributed by atoms with Crippen LogP contribution >= 0.6 is 0 Å². The Bertz CT molecular complexity index is 336. The van der Waals surface area contributed by atoms with Gasteiger partial charge in [0.25, 0.3) is 5.91 Å². The Balaban J connectivity index is 2.32. The van der Waals surface area contributed by atoms with Crippen LogP contribution in [0, 0.1) is 0 Å². The number of nitrogens with zero attached hydrogens (tertiary/aromatic N) is 2. The van der Waals surface area contributed by atoms with Gasteiger partial charge in [-0.2, -0.15) is 0 Å². The van der Waals surface area contributed by atoms with Crippen LogP contribution < -0.4 is 5.32 Å². The molecule has 0 atom stereocenters. The van der Waals surface area contributed by atoms with Gasteiger partial charge in [-0.25, -0.2) is 4.99 Å². The Morgan fingerprint density at radius 3 is 2.86 bits per heavy atom. The zero-order valence-corrected chi connectivity index (χ0v) is 8.79. The predicted octanol–water partition coefficient (Wildman–Crippen LogP) is 0.513. The Labute approximate surface area is 83.7 Å². The van der Waals surface area contributed by atoms with Gasteiger partial charge < -0.3 is 10.2 Å². The molecule has 0 aromatic rings. The molecule has 0 fully saturated rings. The smallest absolute Gasteiger partial charge is 0.259 e. The molecule has 1 N–H and O–H groups in total. The van der Waals surface area contributed by atoms with E-state index in [1.807, 2.05) is 26.8 Å². The number of amidine groups is 1. The molecule has 2 heterocycles. The minimum Gasteiger partial charge on any atom is -0.366 e. The zero-order chi connectivity index (χ0) is 10.3. The van der Waals surface area contributed by atoms with Crippen LogP contribution in [-0.2, 0) is 4.79 Å². The Morgan fingerprint density at radius 1 is 1.50 bits per heavy atom. The van der Waals surface area contributed by atoms with Crippen molar-refractivity contribution in [3.8, 4) is 0 Å². The lowest BCUT2D eigenvalue weighted by atomic mass is 10.0. The third-order valence-electron chi connectivity index (χ3n) is 2.49. The van der Waals surface area contributed by atoms with E-state index >= 15 is 0 Å². The van der Waals surface area contributed by atoms with Gasteiger partial charge in [0, 0.05) is 12.1 Å². The molecule has 4 nitrogen and oxygen atoms in total. The van der Waals surface area contributed by atoms with Crippen molar-refractivity contribution in [3.05, 3.63) is 11.6 Å². The first kappa shape index (κ1) is 9.24. The maximum Gasteiger partial charge on any atom is 0.259 e. The fraction of sp³-hybridized carbons (Fsp3) is 0.600. The SMILES string of the molecule is CC(C)(C)N1CN=C2NCC=C2C1=O. The second-order valence-corrected chi connectivity index (χ2v) is 4.55. The topological polar surface area (TPSA) is 44.7 Å². The second kappa shape index (κ2) is 2.83. The summed E-state index contributed by atoms with van der Waals surface area (Å²) in [7, 11) is 0. The van der Waals surface area contributed by atoms with E-state index in [1.165, 1.54) is 0 Å². The van der Waals surface area contributed by atoms with Crippen LogP contribution in [0.1, 0.15) is 20.8 Å². The molecule has 0 radical (unpaired) electrons. The highest BCUT2D eigenvalue weighted by Gasteiger charge is 2.34. The van der Waals surface area contributed by atoms with Gasteiger partial charge in [-0.05, 0) is 26.8 Å². The fourth-order valence-electron chi connectivity index (χ4n) is 1.64. The lowest BCUT2D eigenvalue weighted by Gasteiger charge is -2.36. The summed E-state index contributed by atoms with van der Waals surface area (Å²) in [4.78, 5) is 18.1. The summed E-state index contributed by atoms with van der Waals surface area (Å²) < 4.78 is 0. The number of nitrogens with one attached hydrogen (secondary N) is 1. The summed E-state index contributed by atoms with van der Waals surface area (Å²) in [6.45, 7) is 7.25. The summed E-state index contributed by atoms with van der Waals surface area (Å²) in [6, 6.07) is 0. The minimum atomic E-state index is -0.157. The highest BCUT2D eigenvalue weighted by Crippen LogP contribution is 2.21. The number of hydrogen-bond donors (Lipinski definition) is 1. The maximum absolute atomic E-state index is 12.0. The third kappa shape index (κ3) is 1.31. The van der Waals surface area contributed by atoms with Crippen molar-refractivity contribution in [2.75, 3.05) is 13.2 Å². The monoisotopic (exact) mass is 193 g/mol. The average Bonchev–Trinajstić information content (AvgIpc) is 2.50. The van der Waals surface area contributed by atoms with Crippen LogP contribution in [0.2, 0.25) is 0 Å². The fourth-order valence-corrected chi connectivity index (χ4v) is 1.64. The molecule has 0 unspecified atom stereocenters. The molecule has 2 rings (SSSR count). The summed E-state index contributed by atoms with van der Waals surface area (Å²) in [5.74, 6) is 0.850. The highest BCUT2D eigenvalue weighted by molar-refractivity contribution is 6.23. The molecule has 0 spiro atoms. The highest BCUT2D eigenvalue weighted by atomic mass is 16.2. The Morgan fingerprint density at radius 2 is 2.21 bits per heavy atom. The van der Waals surface area contributed by atoms with E-state index in [-0.39, 0.29) is 11.4 Å². The van der Waals surface area contributed by atoms with Crippen LogP contribution in [0.25, 0.3) is 0 Å². The molecule has 0 aromatic heterocycles. The van der Waals surface area contributed by atoms with E-state index in [2.05, 4.69) is 10.3 Å². The minimum absolute atomic E-state index is 0.0903. The molecule has 1 amide bonds. The molecule has 2 aliphatic heterocycles. The largest absolute Gasteiger partial charge is 0.366 e. The van der Waals surface area contributed by atoms with Crippen LogP contribution in [0.4, 0.5) is 0 Å². The van der Waals surface area contributed by atoms with Crippen molar-refractivity contribution in [1.29, 1.82) is 0 Å². The first-order valence-electron chi connectivity index (χ1n) is 4.81. The van der Waals surface area contributed by atoms with Gasteiger partial charge in [-0.3, -0.25) is 4.79 Å². The summed E-state index contributed by atoms with van der Waals surface area (Å²) in [6.07, 6.45) is 1.90. The number of carbonyl (C=O) groups excluding carboxylic acids is 1. The van der Waals surface area contributed by atoms with Gasteiger partial charge >= 0.3 is 0 Å². The van der Waals surface area contributed by atoms with Crippen LogP contribution in [0.5, 0.6) is 0 Å². The predicted molar refractivity (Wildman–Crippen MR) is 55.0 cm³/mol. The maximum atomic E-state index is 12.0. The van der Waals surface area contributed by atoms with Gasteiger partial charge in [-0.15, -0.1) is 0 Å². The Hall–Kier alpha value is -1.32. The molecular formula is C10H15N3O. The zero-order valence-electron chi connectivity index (χ0n) is 8.79. The number of rotatable bonds is 0. The van der Waals surface area contributed by atoms with E-state index in [4.69, 9.17) is 0 Å². The molecular weight excluding hydrogens is 178 g/mol. The molecule has 0 bridgehead atoms. The van der Waals surface area contributed by atoms with Gasteiger partial charge in [-0.1, -0.05) is 0 Å². The van der Waals surface area contributed by atoms with E-state index in [9.17, 15) is 4.79 Å². The van der Waals surface area contributed by atoms with Crippen LogP contribution in [0.15, 0.2) is 16.6 Å². The number of amides is 1. The third-order valence-corrected chi connectivity index (χ3v) is 2.49. The Kier molecular flexibility index (Phi) is 1.87. The number of aliphatic imine (C=N–C) groups is 1. The van der Waals surface area contributed by atoms with E-state index in [0.29, 0.717) is 6.67 Å². The lowest BCUT2D eigenvalue weighted by Crippen LogP contribution is -2.50. The van der Waals surface area contributed by atoms with E-state index in [1.54, 1.807) is 4.90 Å². The van der Waals surface area contributed by atoms with Gasteiger partial charge in [0.05, 0.1) is 5.57 Å². The summed E-state index contributed by atoms with van der Waals surface area (Å²) in [5.41, 5.74) is 0.571. The van der Waals surface area contributed by atoms with Crippen molar-refractivity contribution in [1.82, 2.24) is 10.2 Å². The average molecular weight is 193 g/mol. The first-order chi connectivity index (χ1) is 6.50. The molecule has 0 aliphatic carbocycles. The van der Waals surface area contributed by atoms with Crippen LogP contribution in [-0.4, -0.2) is 35.4 Å². The van der Waals surface area contributed by atoms with Crippen molar-refractivity contribution in [2.24, 2.45) is 4.99 Å². The second-order valence-electron chi connectivity index (χ2n) is 4.55. The first-order valence-corrected chi connectivity index (χ1v) is 4.81. The van der Waals surface area contributed by atoms with Crippen LogP contribution in [0.3, 0.4) is 0 Å². The van der Waals surface area contributed by atoms with Gasteiger partial charge in [0.2, 0.25) is 0 Å². The molecule has 76 valence electrons. The van der Waals surface area contributed by atoms with Crippen molar-refractivity contribution < 1.29 is 4.79 Å². The standard InChI is InChI=1S/C10H15N3O/c1-10(2,3)13-6-12-8-7(9(13)14)4-5-11-8/h4H,5-6H2,1-3H3,(H,11,12). The van der Waals surface area contributed by atoms with E-state index < -0.39 is 0 Å². The van der Waals surface area contributed by atoms with E-state index in [0.717, 1.165) is 18.0 Å². The normalized spacial score (nSPS) is 21.4. The molecule has 0 saturated heterocycles. The molecule has 0 aromatic carbocycles. The number of fused-ring (bicyclic) bond motifs is 1. The molecule has 4 heteroatoms. The summed E-state index contributed by atoms with van der Waals surface area (Å²) >= 11 is 0. The van der Waals surface area contributed by atoms with Gasteiger partial charge in [0.15, 0.2) is 0 Å².